The van der Waals surface area contributed by atoms with Crippen LogP contribution in [0.4, 0.5) is 0 Å². The summed E-state index contributed by atoms with van der Waals surface area (Å²) in [5.41, 5.74) is 0. The van der Waals surface area contributed by atoms with Gasteiger partial charge in [0.15, 0.2) is 0 Å². The molecule has 8 heavy (non-hydrogen) atoms. The Morgan fingerprint density at radius 2 is 2.38 bits per heavy atom. The van der Waals surface area contributed by atoms with Crippen molar-refractivity contribution in [2.75, 3.05) is 13.2 Å². The maximum Gasteiger partial charge on any atom is 2.00 e. The molecule has 0 radical (unpaired) electrons. The standard InChI is InChI=1S/C4H8O3.Mg.2H/c1-4(6)7-3-2-5;;;/h5H,2-3H2,1H3;;;/q;+2;2*-1. The average molecular weight is 130 g/mol. The van der Waals surface area contributed by atoms with Crippen LogP contribution >= 0.6 is 0 Å². The first-order valence-electron chi connectivity index (χ1n) is 2.01. The molecule has 1 N–H and O–H groups in total. The Hall–Kier alpha value is 0.196. The first-order chi connectivity index (χ1) is 3.27. The van der Waals surface area contributed by atoms with E-state index in [1.54, 1.807) is 0 Å². The molecule has 0 aliphatic carbocycles. The second-order valence-corrected chi connectivity index (χ2v) is 1.06. The van der Waals surface area contributed by atoms with E-state index in [-0.39, 0.29) is 45.1 Å². The Labute approximate surface area is 67.1 Å². The van der Waals surface area contributed by atoms with Gasteiger partial charge in [-0.2, -0.15) is 0 Å². The van der Waals surface area contributed by atoms with Crippen LogP contribution in [-0.4, -0.2) is 47.3 Å². The van der Waals surface area contributed by atoms with Crippen LogP contribution in [0, 0.1) is 0 Å². The molecule has 0 aliphatic rings. The molecule has 0 aliphatic heterocycles. The predicted molar refractivity (Wildman–Crippen MR) is 31.7 cm³/mol. The van der Waals surface area contributed by atoms with Crippen LogP contribution in [0.5, 0.6) is 0 Å². The molecule has 0 unspecified atom stereocenters. The van der Waals surface area contributed by atoms with E-state index in [1.165, 1.54) is 6.92 Å². The second-order valence-electron chi connectivity index (χ2n) is 1.06. The third kappa shape index (κ3) is 9.50. The fraction of sp³-hybridized carbons (Fsp3) is 0.750. The van der Waals surface area contributed by atoms with Crippen LogP contribution in [0.3, 0.4) is 0 Å². The number of hydrogen-bond donors (Lipinski definition) is 1. The summed E-state index contributed by atoms with van der Waals surface area (Å²) in [5.74, 6) is -0.353. The Balaban J connectivity index is -0.0000000600. The summed E-state index contributed by atoms with van der Waals surface area (Å²) in [6, 6.07) is 0. The fourth-order valence-electron chi connectivity index (χ4n) is 0.189. The van der Waals surface area contributed by atoms with E-state index in [0.717, 1.165) is 0 Å². The van der Waals surface area contributed by atoms with Crippen LogP contribution in [0.15, 0.2) is 0 Å². The summed E-state index contributed by atoms with van der Waals surface area (Å²) in [6.45, 7) is 1.31. The van der Waals surface area contributed by atoms with Gasteiger partial charge in [-0.3, -0.25) is 4.79 Å². The molecule has 46 valence electrons. The van der Waals surface area contributed by atoms with E-state index in [2.05, 4.69) is 4.74 Å². The van der Waals surface area contributed by atoms with Crippen molar-refractivity contribution in [2.45, 2.75) is 6.92 Å². The average Bonchev–Trinajstić information content (AvgIpc) is 1.61. The van der Waals surface area contributed by atoms with Gasteiger partial charge < -0.3 is 12.7 Å². The van der Waals surface area contributed by atoms with E-state index in [4.69, 9.17) is 5.11 Å². The monoisotopic (exact) mass is 130 g/mol. The molecule has 0 atom stereocenters. The number of aliphatic hydroxyl groups is 1. The summed E-state index contributed by atoms with van der Waals surface area (Å²) < 4.78 is 4.30. The Kier molecular flexibility index (Phi) is 9.94. The van der Waals surface area contributed by atoms with Gasteiger partial charge in [-0.15, -0.1) is 0 Å². The maximum absolute atomic E-state index is 9.87. The van der Waals surface area contributed by atoms with Gasteiger partial charge in [0.25, 0.3) is 0 Å². The molecule has 0 rings (SSSR count). The first kappa shape index (κ1) is 11.1. The number of rotatable bonds is 2. The normalized spacial score (nSPS) is 7.25. The third-order valence-corrected chi connectivity index (χ3v) is 0.397. The van der Waals surface area contributed by atoms with Gasteiger partial charge in [-0.1, -0.05) is 0 Å². The van der Waals surface area contributed by atoms with Crippen LogP contribution < -0.4 is 0 Å². The number of carbonyl (C=O) groups excluding carboxylic acids is 1. The Morgan fingerprint density at radius 1 is 1.88 bits per heavy atom. The van der Waals surface area contributed by atoms with Crippen molar-refractivity contribution in [3.63, 3.8) is 0 Å². The largest absolute Gasteiger partial charge is 2.00 e. The molecule has 4 heteroatoms. The SMILES string of the molecule is CC(=O)OCCO.[H-].[H-].[Mg+2]. The smallest absolute Gasteiger partial charge is 1.00 e. The molecule has 0 heterocycles. The molecule has 0 fully saturated rings. The quantitative estimate of drug-likeness (QED) is 0.401. The van der Waals surface area contributed by atoms with Crippen LogP contribution in [-0.2, 0) is 9.53 Å². The van der Waals surface area contributed by atoms with Crippen molar-refractivity contribution in [3.8, 4) is 0 Å². The van der Waals surface area contributed by atoms with Gasteiger partial charge in [0.05, 0.1) is 6.61 Å². The van der Waals surface area contributed by atoms with Gasteiger partial charge in [0.1, 0.15) is 6.61 Å². The number of ether oxygens (including phenoxy) is 1. The van der Waals surface area contributed by atoms with E-state index in [0.29, 0.717) is 0 Å². The van der Waals surface area contributed by atoms with Crippen molar-refractivity contribution in [3.05, 3.63) is 0 Å². The Morgan fingerprint density at radius 3 is 2.50 bits per heavy atom. The summed E-state index contributed by atoms with van der Waals surface area (Å²) in [7, 11) is 0. The van der Waals surface area contributed by atoms with Crippen molar-refractivity contribution in [1.29, 1.82) is 0 Å². The molecule has 0 bridgehead atoms. The van der Waals surface area contributed by atoms with Crippen molar-refractivity contribution in [1.82, 2.24) is 0 Å². The van der Waals surface area contributed by atoms with Gasteiger partial charge in [0.2, 0.25) is 0 Å². The van der Waals surface area contributed by atoms with E-state index < -0.39 is 0 Å². The summed E-state index contributed by atoms with van der Waals surface area (Å²) in [4.78, 5) is 9.87. The molecule has 3 nitrogen and oxygen atoms in total. The minimum atomic E-state index is -0.353. The molecule has 0 aromatic rings. The van der Waals surface area contributed by atoms with Gasteiger partial charge in [0, 0.05) is 6.92 Å². The van der Waals surface area contributed by atoms with Crippen molar-refractivity contribution in [2.24, 2.45) is 0 Å². The third-order valence-electron chi connectivity index (χ3n) is 0.397. The second kappa shape index (κ2) is 7.20. The zero-order valence-electron chi connectivity index (χ0n) is 6.89. The summed E-state index contributed by atoms with van der Waals surface area (Å²) in [5, 5.41) is 8.04. The van der Waals surface area contributed by atoms with E-state index in [9.17, 15) is 4.79 Å². The number of carbonyl (C=O) groups is 1. The first-order valence-corrected chi connectivity index (χ1v) is 2.01. The van der Waals surface area contributed by atoms with Gasteiger partial charge in [-0.05, 0) is 0 Å². The zero-order valence-corrected chi connectivity index (χ0v) is 6.30. The van der Waals surface area contributed by atoms with Crippen molar-refractivity contribution >= 4 is 29.0 Å². The van der Waals surface area contributed by atoms with Gasteiger partial charge >= 0.3 is 29.0 Å². The number of esters is 1. The van der Waals surface area contributed by atoms with Gasteiger partial charge in [-0.25, -0.2) is 0 Å². The molecule has 0 saturated heterocycles. The number of hydrogen-bond acceptors (Lipinski definition) is 3. The molecule has 0 spiro atoms. The van der Waals surface area contributed by atoms with E-state index in [1.807, 2.05) is 0 Å². The minimum absolute atomic E-state index is 0. The predicted octanol–water partition coefficient (Wildman–Crippen LogP) is -0.614. The van der Waals surface area contributed by atoms with E-state index >= 15 is 0 Å². The molecular weight excluding hydrogens is 120 g/mol. The summed E-state index contributed by atoms with van der Waals surface area (Å²) >= 11 is 0. The van der Waals surface area contributed by atoms with Crippen LogP contribution in [0.1, 0.15) is 9.78 Å². The minimum Gasteiger partial charge on any atom is -1.00 e. The van der Waals surface area contributed by atoms with Crippen LogP contribution in [0.25, 0.3) is 0 Å². The fourth-order valence-corrected chi connectivity index (χ4v) is 0.189. The van der Waals surface area contributed by atoms with Crippen LogP contribution in [0.2, 0.25) is 0 Å². The zero-order chi connectivity index (χ0) is 5.70. The molecule has 0 amide bonds. The summed E-state index contributed by atoms with van der Waals surface area (Å²) in [6.07, 6.45) is 0. The number of aliphatic hydroxyl groups excluding tert-OH is 1. The molecule has 0 saturated carbocycles. The maximum atomic E-state index is 9.87. The molecule has 0 aromatic carbocycles. The van der Waals surface area contributed by atoms with Crippen molar-refractivity contribution < 1.29 is 17.5 Å². The Bertz CT molecular complexity index is 71.5. The molecule has 0 aromatic heterocycles. The topological polar surface area (TPSA) is 46.5 Å². The molecular formula is C4H10MgO3.